The molecule has 0 aliphatic carbocycles. The molecule has 2 aromatic carbocycles. The predicted octanol–water partition coefficient (Wildman–Crippen LogP) is 4.59. The molecule has 0 aliphatic heterocycles. The van der Waals surface area contributed by atoms with Crippen LogP contribution in [0.1, 0.15) is 11.1 Å². The number of hydrogen-bond acceptors (Lipinski definition) is 3. The second-order valence-corrected chi connectivity index (χ2v) is 8.94. The van der Waals surface area contributed by atoms with Crippen LogP contribution in [0.2, 0.25) is 0 Å². The number of halogens is 4. The summed E-state index contributed by atoms with van der Waals surface area (Å²) in [6.07, 6.45) is -3.44. The van der Waals surface area contributed by atoms with Crippen LogP contribution in [0.4, 0.5) is 18.9 Å². The summed E-state index contributed by atoms with van der Waals surface area (Å²) in [4.78, 5) is 11.8. The standard InChI is InChI=1S/C19H18BrF3N2O3S/c1-3-9-25(12-18(26)24-17-8-7-13(2)10-16(17)20)29(27,28)15-6-4-5-14(11-15)19(21,22)23/h3-8,10-11H,1,9,12H2,2H3,(H,24,26). The Morgan fingerprint density at radius 1 is 1.24 bits per heavy atom. The molecule has 0 fully saturated rings. The van der Waals surface area contributed by atoms with Crippen LogP contribution < -0.4 is 5.32 Å². The Labute approximate surface area is 175 Å². The minimum Gasteiger partial charge on any atom is -0.324 e. The van der Waals surface area contributed by atoms with Gasteiger partial charge in [0.25, 0.3) is 0 Å². The number of carbonyl (C=O) groups excluding carboxylic acids is 1. The number of alkyl halides is 3. The highest BCUT2D eigenvalue weighted by atomic mass is 79.9. The van der Waals surface area contributed by atoms with E-state index in [-0.39, 0.29) is 6.54 Å². The summed E-state index contributed by atoms with van der Waals surface area (Å²) in [5.74, 6) is -0.646. The van der Waals surface area contributed by atoms with Gasteiger partial charge in [0.1, 0.15) is 0 Å². The van der Waals surface area contributed by atoms with E-state index in [1.165, 1.54) is 6.08 Å². The van der Waals surface area contributed by atoms with Crippen molar-refractivity contribution in [1.82, 2.24) is 4.31 Å². The number of anilines is 1. The topological polar surface area (TPSA) is 66.5 Å². The number of sulfonamides is 1. The van der Waals surface area contributed by atoms with Crippen LogP contribution in [0.15, 0.2) is 64.5 Å². The molecule has 5 nitrogen and oxygen atoms in total. The summed E-state index contributed by atoms with van der Waals surface area (Å²) in [5.41, 5.74) is 0.302. The molecule has 10 heteroatoms. The second kappa shape index (κ2) is 9.10. The number of carbonyl (C=O) groups is 1. The lowest BCUT2D eigenvalue weighted by Gasteiger charge is -2.21. The zero-order valence-electron chi connectivity index (χ0n) is 15.3. The Kier molecular flexibility index (Phi) is 7.25. The van der Waals surface area contributed by atoms with E-state index in [2.05, 4.69) is 27.8 Å². The molecule has 2 aromatic rings. The van der Waals surface area contributed by atoms with Crippen LogP contribution in [0.3, 0.4) is 0 Å². The van der Waals surface area contributed by atoms with Crippen LogP contribution >= 0.6 is 15.9 Å². The summed E-state index contributed by atoms with van der Waals surface area (Å²) in [6.45, 7) is 4.48. The SMILES string of the molecule is C=CCN(CC(=O)Nc1ccc(C)cc1Br)S(=O)(=O)c1cccc(C(F)(F)F)c1. The highest BCUT2D eigenvalue weighted by Gasteiger charge is 2.33. The van der Waals surface area contributed by atoms with Gasteiger partial charge in [0.15, 0.2) is 0 Å². The van der Waals surface area contributed by atoms with E-state index in [0.29, 0.717) is 16.2 Å². The van der Waals surface area contributed by atoms with E-state index >= 15 is 0 Å². The van der Waals surface area contributed by atoms with E-state index < -0.39 is 39.1 Å². The molecule has 0 aromatic heterocycles. The van der Waals surface area contributed by atoms with E-state index in [1.54, 1.807) is 18.2 Å². The summed E-state index contributed by atoms with van der Waals surface area (Å²) in [7, 11) is -4.36. The first-order valence-electron chi connectivity index (χ1n) is 8.29. The first-order valence-corrected chi connectivity index (χ1v) is 10.5. The maximum atomic E-state index is 12.9. The number of benzene rings is 2. The molecule has 0 spiro atoms. The Morgan fingerprint density at radius 3 is 2.52 bits per heavy atom. The zero-order valence-corrected chi connectivity index (χ0v) is 17.7. The Morgan fingerprint density at radius 2 is 1.93 bits per heavy atom. The van der Waals surface area contributed by atoms with E-state index in [4.69, 9.17) is 0 Å². The summed E-state index contributed by atoms with van der Waals surface area (Å²) in [5, 5.41) is 2.58. The van der Waals surface area contributed by atoms with Crippen molar-refractivity contribution in [2.24, 2.45) is 0 Å². The fourth-order valence-electron chi connectivity index (χ4n) is 2.45. The molecular weight excluding hydrogens is 473 g/mol. The smallest absolute Gasteiger partial charge is 0.324 e. The predicted molar refractivity (Wildman–Crippen MR) is 108 cm³/mol. The molecule has 0 unspecified atom stereocenters. The molecule has 1 N–H and O–H groups in total. The second-order valence-electron chi connectivity index (χ2n) is 6.14. The van der Waals surface area contributed by atoms with Gasteiger partial charge in [-0.05, 0) is 58.7 Å². The summed E-state index contributed by atoms with van der Waals surface area (Å²) in [6, 6.07) is 8.56. The van der Waals surface area contributed by atoms with Gasteiger partial charge >= 0.3 is 6.18 Å². The van der Waals surface area contributed by atoms with Crippen molar-refractivity contribution in [2.45, 2.75) is 18.0 Å². The molecule has 0 atom stereocenters. The normalized spacial score (nSPS) is 12.1. The zero-order chi connectivity index (χ0) is 21.8. The molecule has 0 saturated heterocycles. The molecule has 29 heavy (non-hydrogen) atoms. The average Bonchev–Trinajstić information content (AvgIpc) is 2.63. The van der Waals surface area contributed by atoms with Gasteiger partial charge < -0.3 is 5.32 Å². The number of amides is 1. The molecule has 1 amide bonds. The van der Waals surface area contributed by atoms with Crippen LogP contribution in [0.5, 0.6) is 0 Å². The lowest BCUT2D eigenvalue weighted by Crippen LogP contribution is -2.38. The highest BCUT2D eigenvalue weighted by molar-refractivity contribution is 9.10. The molecule has 0 bridgehead atoms. The van der Waals surface area contributed by atoms with Gasteiger partial charge in [-0.15, -0.1) is 6.58 Å². The van der Waals surface area contributed by atoms with Gasteiger partial charge in [0.05, 0.1) is 22.7 Å². The molecule has 0 aliphatic rings. The van der Waals surface area contributed by atoms with Crippen LogP contribution in [0.25, 0.3) is 0 Å². The number of nitrogens with one attached hydrogen (secondary N) is 1. The highest BCUT2D eigenvalue weighted by Crippen LogP contribution is 2.31. The number of nitrogens with zero attached hydrogens (tertiary/aromatic N) is 1. The maximum absolute atomic E-state index is 12.9. The number of aryl methyl sites for hydroxylation is 1. The monoisotopic (exact) mass is 490 g/mol. The maximum Gasteiger partial charge on any atom is 0.416 e. The van der Waals surface area contributed by atoms with Gasteiger partial charge in [-0.2, -0.15) is 17.5 Å². The summed E-state index contributed by atoms with van der Waals surface area (Å²) < 4.78 is 65.8. The third kappa shape index (κ3) is 5.91. The van der Waals surface area contributed by atoms with E-state index in [0.717, 1.165) is 28.1 Å². The van der Waals surface area contributed by atoms with Crippen molar-refractivity contribution in [3.63, 3.8) is 0 Å². The third-order valence-corrected chi connectivity index (χ3v) is 6.31. The molecule has 2 rings (SSSR count). The van der Waals surface area contributed by atoms with E-state index in [1.807, 2.05) is 6.92 Å². The largest absolute Gasteiger partial charge is 0.416 e. The van der Waals surface area contributed by atoms with Gasteiger partial charge in [-0.3, -0.25) is 4.79 Å². The lowest BCUT2D eigenvalue weighted by molar-refractivity contribution is -0.137. The minimum absolute atomic E-state index is 0.249. The van der Waals surface area contributed by atoms with Gasteiger partial charge in [-0.25, -0.2) is 8.42 Å². The lowest BCUT2D eigenvalue weighted by atomic mass is 10.2. The van der Waals surface area contributed by atoms with Crippen LogP contribution in [0, 0.1) is 6.92 Å². The average molecular weight is 491 g/mol. The molecule has 156 valence electrons. The Bertz CT molecular complexity index is 1020. The molecule has 0 saturated carbocycles. The van der Waals surface area contributed by atoms with Crippen molar-refractivity contribution in [3.8, 4) is 0 Å². The fraction of sp³-hybridized carbons (Fsp3) is 0.211. The first kappa shape index (κ1) is 23.1. The summed E-state index contributed by atoms with van der Waals surface area (Å²) >= 11 is 3.31. The molecular formula is C19H18BrF3N2O3S. The quantitative estimate of drug-likeness (QED) is 0.577. The van der Waals surface area contributed by atoms with Crippen molar-refractivity contribution >= 4 is 37.5 Å². The van der Waals surface area contributed by atoms with Crippen molar-refractivity contribution in [3.05, 3.63) is 70.7 Å². The minimum atomic E-state index is -4.69. The van der Waals surface area contributed by atoms with Crippen molar-refractivity contribution < 1.29 is 26.4 Å². The van der Waals surface area contributed by atoms with Crippen molar-refractivity contribution in [1.29, 1.82) is 0 Å². The number of rotatable bonds is 7. The Hall–Kier alpha value is -2.17. The van der Waals surface area contributed by atoms with Gasteiger partial charge in [0, 0.05) is 11.0 Å². The van der Waals surface area contributed by atoms with Crippen LogP contribution in [-0.2, 0) is 21.0 Å². The third-order valence-electron chi connectivity index (χ3n) is 3.85. The fourth-order valence-corrected chi connectivity index (χ4v) is 4.45. The molecule has 0 radical (unpaired) electrons. The van der Waals surface area contributed by atoms with Gasteiger partial charge in [0.2, 0.25) is 15.9 Å². The van der Waals surface area contributed by atoms with E-state index in [9.17, 15) is 26.4 Å². The van der Waals surface area contributed by atoms with Crippen LogP contribution in [-0.4, -0.2) is 31.7 Å². The first-order chi connectivity index (χ1) is 13.4. The number of hydrogen-bond donors (Lipinski definition) is 1. The molecule has 0 heterocycles. The van der Waals surface area contributed by atoms with Gasteiger partial charge in [-0.1, -0.05) is 18.2 Å². The Balaban J connectivity index is 2.28. The van der Waals surface area contributed by atoms with Crippen molar-refractivity contribution in [2.75, 3.05) is 18.4 Å².